The van der Waals surface area contributed by atoms with E-state index in [4.69, 9.17) is 0 Å². The van der Waals surface area contributed by atoms with Crippen LogP contribution in [0.1, 0.15) is 12.8 Å². The van der Waals surface area contributed by atoms with Crippen LogP contribution in [-0.4, -0.2) is 31.2 Å². The maximum atomic E-state index is 4.32. The van der Waals surface area contributed by atoms with Gasteiger partial charge in [0, 0.05) is 19.1 Å². The van der Waals surface area contributed by atoms with Crippen molar-refractivity contribution in [3.63, 3.8) is 0 Å². The number of aromatic nitrogens is 1. The van der Waals surface area contributed by atoms with E-state index in [9.17, 15) is 0 Å². The molecule has 1 aliphatic heterocycles. The van der Waals surface area contributed by atoms with Crippen molar-refractivity contribution >= 4 is 28.3 Å². The lowest BCUT2D eigenvalue weighted by atomic mass is 10.1. The molecule has 1 fully saturated rings. The minimum atomic E-state index is 0.693. The van der Waals surface area contributed by atoms with E-state index < -0.39 is 0 Å². The molecule has 0 atom stereocenters. The first-order valence-corrected chi connectivity index (χ1v) is 6.41. The second-order valence-electron chi connectivity index (χ2n) is 3.89. The Hall–Kier alpha value is -0.360. The number of hydrogen-bond acceptors (Lipinski definition) is 3. The summed E-state index contributed by atoms with van der Waals surface area (Å²) in [7, 11) is 2.05. The number of anilines is 1. The lowest BCUT2D eigenvalue weighted by Gasteiger charge is -2.33. The highest BCUT2D eigenvalue weighted by molar-refractivity contribution is 14.1. The highest BCUT2D eigenvalue weighted by atomic mass is 127. The molecule has 2 heterocycles. The average molecular weight is 317 g/mol. The Labute approximate surface area is 104 Å². The molecule has 4 heteroatoms. The molecule has 2 rings (SSSR count). The van der Waals surface area contributed by atoms with E-state index in [2.05, 4.69) is 49.9 Å². The van der Waals surface area contributed by atoms with E-state index in [0.29, 0.717) is 6.04 Å². The molecule has 1 N–H and O–H groups in total. The molecule has 1 aromatic rings. The van der Waals surface area contributed by atoms with Gasteiger partial charge < -0.3 is 10.2 Å². The van der Waals surface area contributed by atoms with Crippen molar-refractivity contribution in [1.82, 2.24) is 10.3 Å². The molecule has 0 spiro atoms. The normalized spacial score (nSPS) is 18.1. The van der Waals surface area contributed by atoms with E-state index in [1.807, 2.05) is 13.2 Å². The van der Waals surface area contributed by atoms with Crippen LogP contribution < -0.4 is 10.2 Å². The Balaban J connectivity index is 1.98. The SMILES string of the molecule is CNC1CCN(c2ccc(I)nc2)CC1. The van der Waals surface area contributed by atoms with Crippen molar-refractivity contribution in [2.75, 3.05) is 25.0 Å². The lowest BCUT2D eigenvalue weighted by Crippen LogP contribution is -2.41. The average Bonchev–Trinajstić information content (AvgIpc) is 2.30. The fraction of sp³-hybridized carbons (Fsp3) is 0.545. The summed E-state index contributed by atoms with van der Waals surface area (Å²) in [4.78, 5) is 6.74. The number of pyridine rings is 1. The highest BCUT2D eigenvalue weighted by Crippen LogP contribution is 2.19. The van der Waals surface area contributed by atoms with Gasteiger partial charge in [-0.1, -0.05) is 0 Å². The second kappa shape index (κ2) is 5.12. The van der Waals surface area contributed by atoms with Gasteiger partial charge in [-0.3, -0.25) is 0 Å². The molecular weight excluding hydrogens is 301 g/mol. The van der Waals surface area contributed by atoms with Gasteiger partial charge in [-0.15, -0.1) is 0 Å². The molecule has 0 bridgehead atoms. The zero-order valence-corrected chi connectivity index (χ0v) is 11.1. The molecule has 1 aromatic heterocycles. The topological polar surface area (TPSA) is 28.2 Å². The van der Waals surface area contributed by atoms with Crippen LogP contribution in [0.4, 0.5) is 5.69 Å². The zero-order valence-electron chi connectivity index (χ0n) is 8.91. The minimum absolute atomic E-state index is 0.693. The molecule has 0 aliphatic carbocycles. The Morgan fingerprint density at radius 1 is 1.40 bits per heavy atom. The number of nitrogens with zero attached hydrogens (tertiary/aromatic N) is 2. The van der Waals surface area contributed by atoms with E-state index >= 15 is 0 Å². The van der Waals surface area contributed by atoms with Gasteiger partial charge in [0.1, 0.15) is 3.70 Å². The first-order chi connectivity index (χ1) is 7.29. The Morgan fingerprint density at radius 3 is 2.67 bits per heavy atom. The summed E-state index contributed by atoms with van der Waals surface area (Å²) in [6.07, 6.45) is 4.42. The number of halogens is 1. The molecule has 0 aromatic carbocycles. The van der Waals surface area contributed by atoms with Crippen molar-refractivity contribution in [3.8, 4) is 0 Å². The molecule has 0 radical (unpaired) electrons. The van der Waals surface area contributed by atoms with Gasteiger partial charge in [0.2, 0.25) is 0 Å². The molecule has 1 aliphatic rings. The monoisotopic (exact) mass is 317 g/mol. The smallest absolute Gasteiger partial charge is 0.101 e. The van der Waals surface area contributed by atoms with E-state index in [-0.39, 0.29) is 0 Å². The first kappa shape index (κ1) is 11.1. The van der Waals surface area contributed by atoms with Gasteiger partial charge in [0.25, 0.3) is 0 Å². The summed E-state index contributed by atoms with van der Waals surface area (Å²) in [6, 6.07) is 4.92. The predicted molar refractivity (Wildman–Crippen MR) is 71.2 cm³/mol. The molecule has 82 valence electrons. The van der Waals surface area contributed by atoms with Crippen LogP contribution in [0.15, 0.2) is 18.3 Å². The van der Waals surface area contributed by atoms with Gasteiger partial charge >= 0.3 is 0 Å². The second-order valence-corrected chi connectivity index (χ2v) is 4.99. The molecule has 3 nitrogen and oxygen atoms in total. The van der Waals surface area contributed by atoms with Crippen LogP contribution in [0, 0.1) is 3.70 Å². The molecule has 0 unspecified atom stereocenters. The summed E-state index contributed by atoms with van der Waals surface area (Å²) < 4.78 is 1.06. The summed E-state index contributed by atoms with van der Waals surface area (Å²) in [5.41, 5.74) is 1.25. The molecule has 0 amide bonds. The molecular formula is C11H16IN3. The van der Waals surface area contributed by atoms with Gasteiger partial charge in [-0.2, -0.15) is 0 Å². The first-order valence-electron chi connectivity index (χ1n) is 5.33. The van der Waals surface area contributed by atoms with Gasteiger partial charge in [0.15, 0.2) is 0 Å². The quantitative estimate of drug-likeness (QED) is 0.667. The van der Waals surface area contributed by atoms with Crippen molar-refractivity contribution in [3.05, 3.63) is 22.0 Å². The summed E-state index contributed by atoms with van der Waals surface area (Å²) >= 11 is 2.24. The van der Waals surface area contributed by atoms with E-state index in [1.54, 1.807) is 0 Å². The number of rotatable bonds is 2. The Kier molecular flexibility index (Phi) is 3.80. The van der Waals surface area contributed by atoms with Crippen LogP contribution in [-0.2, 0) is 0 Å². The number of hydrogen-bond donors (Lipinski definition) is 1. The fourth-order valence-corrected chi connectivity index (χ4v) is 2.30. The van der Waals surface area contributed by atoms with Crippen molar-refractivity contribution in [2.45, 2.75) is 18.9 Å². The largest absolute Gasteiger partial charge is 0.370 e. The zero-order chi connectivity index (χ0) is 10.7. The van der Waals surface area contributed by atoms with Crippen LogP contribution >= 0.6 is 22.6 Å². The summed E-state index contributed by atoms with van der Waals surface area (Å²) in [5.74, 6) is 0. The lowest BCUT2D eigenvalue weighted by molar-refractivity contribution is 0.442. The highest BCUT2D eigenvalue weighted by Gasteiger charge is 2.17. The van der Waals surface area contributed by atoms with Gasteiger partial charge in [0.05, 0.1) is 11.9 Å². The van der Waals surface area contributed by atoms with Crippen molar-refractivity contribution < 1.29 is 0 Å². The number of piperidine rings is 1. The van der Waals surface area contributed by atoms with Crippen LogP contribution in [0.3, 0.4) is 0 Å². The van der Waals surface area contributed by atoms with Crippen LogP contribution in [0.25, 0.3) is 0 Å². The maximum absolute atomic E-state index is 4.32. The standard InChI is InChI=1S/C11H16IN3/c1-13-9-4-6-15(7-5-9)10-2-3-11(12)14-8-10/h2-3,8-9,13H,4-7H2,1H3. The maximum Gasteiger partial charge on any atom is 0.101 e. The van der Waals surface area contributed by atoms with Crippen LogP contribution in [0.5, 0.6) is 0 Å². The number of nitrogens with one attached hydrogen (secondary N) is 1. The van der Waals surface area contributed by atoms with Crippen molar-refractivity contribution in [2.24, 2.45) is 0 Å². The fourth-order valence-electron chi connectivity index (χ4n) is 1.98. The summed E-state index contributed by atoms with van der Waals surface area (Å²) in [5, 5.41) is 3.34. The predicted octanol–water partition coefficient (Wildman–Crippen LogP) is 1.87. The Bertz CT molecular complexity index is 304. The third kappa shape index (κ3) is 2.81. The van der Waals surface area contributed by atoms with Gasteiger partial charge in [-0.25, -0.2) is 4.98 Å². The summed E-state index contributed by atoms with van der Waals surface area (Å²) in [6.45, 7) is 2.27. The van der Waals surface area contributed by atoms with Gasteiger partial charge in [-0.05, 0) is 54.6 Å². The third-order valence-corrected chi connectivity index (χ3v) is 3.62. The minimum Gasteiger partial charge on any atom is -0.370 e. The molecule has 0 saturated carbocycles. The Morgan fingerprint density at radius 2 is 2.13 bits per heavy atom. The van der Waals surface area contributed by atoms with E-state index in [1.165, 1.54) is 18.5 Å². The van der Waals surface area contributed by atoms with Crippen LogP contribution in [0.2, 0.25) is 0 Å². The van der Waals surface area contributed by atoms with Crippen molar-refractivity contribution in [1.29, 1.82) is 0 Å². The molecule has 15 heavy (non-hydrogen) atoms. The van der Waals surface area contributed by atoms with E-state index in [0.717, 1.165) is 16.8 Å². The third-order valence-electron chi connectivity index (χ3n) is 2.98. The molecule has 1 saturated heterocycles.